The molecule has 262 valence electrons. The summed E-state index contributed by atoms with van der Waals surface area (Å²) >= 11 is 0. The topological polar surface area (TPSA) is 56.7 Å². The highest BCUT2D eigenvalue weighted by Gasteiger charge is 2.18. The number of hydrogen-bond acceptors (Lipinski definition) is 4. The van der Waals surface area contributed by atoms with E-state index < -0.39 is 0 Å². The first-order chi connectivity index (χ1) is 27.8. The summed E-state index contributed by atoms with van der Waals surface area (Å²) in [5, 5.41) is 4.67. The van der Waals surface area contributed by atoms with E-state index in [4.69, 9.17) is 19.4 Å². The number of benzene rings is 8. The summed E-state index contributed by atoms with van der Waals surface area (Å²) in [6.45, 7) is 0. The van der Waals surface area contributed by atoms with Gasteiger partial charge in [0, 0.05) is 43.9 Å². The molecule has 0 fully saturated rings. The molecule has 11 rings (SSSR count). The Kier molecular flexibility index (Phi) is 7.42. The molecule has 3 aromatic heterocycles. The van der Waals surface area contributed by atoms with Gasteiger partial charge in [-0.2, -0.15) is 0 Å². The third-order valence-corrected chi connectivity index (χ3v) is 10.7. The summed E-state index contributed by atoms with van der Waals surface area (Å²) in [5.41, 5.74) is 12.6. The lowest BCUT2D eigenvalue weighted by molar-refractivity contribution is 0.669. The molecule has 0 N–H and O–H groups in total. The van der Waals surface area contributed by atoms with Gasteiger partial charge in [0.1, 0.15) is 11.2 Å². The molecule has 0 aliphatic rings. The number of rotatable bonds is 6. The van der Waals surface area contributed by atoms with Crippen molar-refractivity contribution in [1.29, 1.82) is 0 Å². The highest BCUT2D eigenvalue weighted by molar-refractivity contribution is 6.16. The minimum absolute atomic E-state index is 0.637. The summed E-state index contributed by atoms with van der Waals surface area (Å²) in [6.07, 6.45) is 0. The first-order valence-corrected chi connectivity index (χ1v) is 18.8. The summed E-state index contributed by atoms with van der Waals surface area (Å²) in [5.74, 6) is 1.93. The van der Waals surface area contributed by atoms with Crippen LogP contribution in [0.3, 0.4) is 0 Å². The van der Waals surface area contributed by atoms with Gasteiger partial charge in [0.15, 0.2) is 17.5 Å². The van der Waals surface area contributed by atoms with Crippen LogP contribution in [0.25, 0.3) is 106 Å². The maximum absolute atomic E-state index is 6.25. The van der Waals surface area contributed by atoms with Gasteiger partial charge in [0.2, 0.25) is 0 Å². The number of hydrogen-bond donors (Lipinski definition) is 0. The third kappa shape index (κ3) is 5.29. The van der Waals surface area contributed by atoms with E-state index in [2.05, 4.69) is 126 Å². The predicted octanol–water partition coefficient (Wildman–Crippen LogP) is 13.2. The first kappa shape index (κ1) is 31.9. The third-order valence-electron chi connectivity index (χ3n) is 10.7. The molecule has 5 nitrogen and oxygen atoms in total. The van der Waals surface area contributed by atoms with Crippen molar-refractivity contribution in [3.63, 3.8) is 0 Å². The number of fused-ring (bicyclic) bond motifs is 6. The van der Waals surface area contributed by atoms with Crippen LogP contribution in [-0.2, 0) is 0 Å². The van der Waals surface area contributed by atoms with E-state index in [1.165, 1.54) is 16.3 Å². The van der Waals surface area contributed by atoms with Gasteiger partial charge in [-0.1, -0.05) is 158 Å². The molecule has 5 heteroatoms. The van der Waals surface area contributed by atoms with E-state index >= 15 is 0 Å². The van der Waals surface area contributed by atoms with Crippen LogP contribution in [0.2, 0.25) is 0 Å². The minimum Gasteiger partial charge on any atom is -0.456 e. The standard InChI is InChI=1S/C51H32N4O/c1-3-14-34(15-4-1)49-52-50(35-16-5-2-6-17-35)54-51(53-49)36-30-28-33(29-31-36)39-22-12-25-44-47(39)41-20-7-9-24-43(41)55(44)38-19-11-18-37(32-38)40-23-13-27-46-48(40)42-21-8-10-26-45(42)56-46/h1-32H. The Morgan fingerprint density at radius 2 is 0.839 bits per heavy atom. The second-order valence-electron chi connectivity index (χ2n) is 14.0. The molecule has 11 aromatic rings. The number of nitrogens with zero attached hydrogens (tertiary/aromatic N) is 4. The fraction of sp³-hybridized carbons (Fsp3) is 0. The Balaban J connectivity index is 1.03. The van der Waals surface area contributed by atoms with Gasteiger partial charge < -0.3 is 8.98 Å². The molecule has 0 radical (unpaired) electrons. The average molecular weight is 717 g/mol. The lowest BCUT2D eigenvalue weighted by Crippen LogP contribution is -2.00. The highest BCUT2D eigenvalue weighted by Crippen LogP contribution is 2.41. The molecule has 0 saturated carbocycles. The van der Waals surface area contributed by atoms with Crippen molar-refractivity contribution in [3.05, 3.63) is 194 Å². The number of aromatic nitrogens is 4. The van der Waals surface area contributed by atoms with Gasteiger partial charge in [-0.3, -0.25) is 0 Å². The molecule has 0 saturated heterocycles. The number of para-hydroxylation sites is 2. The molecule has 8 aromatic carbocycles. The smallest absolute Gasteiger partial charge is 0.164 e. The normalized spacial score (nSPS) is 11.6. The SMILES string of the molecule is c1ccc(-c2nc(-c3ccccc3)nc(-c3ccc(-c4cccc5c4c4ccccc4n5-c4cccc(-c5cccc6oc7ccccc7c56)c4)cc3)n2)cc1. The zero-order valence-electron chi connectivity index (χ0n) is 30.2. The van der Waals surface area contributed by atoms with E-state index in [9.17, 15) is 0 Å². The molecular formula is C51H32N4O. The maximum atomic E-state index is 6.25. The van der Waals surface area contributed by atoms with Crippen molar-refractivity contribution in [2.45, 2.75) is 0 Å². The second kappa shape index (κ2) is 13.0. The fourth-order valence-corrected chi connectivity index (χ4v) is 8.10. The predicted molar refractivity (Wildman–Crippen MR) is 229 cm³/mol. The Morgan fingerprint density at radius 1 is 0.339 bits per heavy atom. The second-order valence-corrected chi connectivity index (χ2v) is 14.0. The highest BCUT2D eigenvalue weighted by atomic mass is 16.3. The van der Waals surface area contributed by atoms with E-state index in [0.717, 1.165) is 72.0 Å². The van der Waals surface area contributed by atoms with E-state index in [1.54, 1.807) is 0 Å². The van der Waals surface area contributed by atoms with Crippen molar-refractivity contribution >= 4 is 43.7 Å². The van der Waals surface area contributed by atoms with Crippen molar-refractivity contribution < 1.29 is 4.42 Å². The number of furan rings is 1. The van der Waals surface area contributed by atoms with Crippen LogP contribution in [0.4, 0.5) is 0 Å². The molecular weight excluding hydrogens is 685 g/mol. The maximum Gasteiger partial charge on any atom is 0.164 e. The van der Waals surface area contributed by atoms with Crippen molar-refractivity contribution in [2.24, 2.45) is 0 Å². The Hall–Kier alpha value is -7.63. The zero-order valence-corrected chi connectivity index (χ0v) is 30.2. The molecule has 0 aliphatic heterocycles. The largest absolute Gasteiger partial charge is 0.456 e. The molecule has 0 atom stereocenters. The Morgan fingerprint density at radius 3 is 1.55 bits per heavy atom. The quantitative estimate of drug-likeness (QED) is 0.172. The molecule has 0 amide bonds. The summed E-state index contributed by atoms with van der Waals surface area (Å²) in [4.78, 5) is 14.8. The van der Waals surface area contributed by atoms with Crippen molar-refractivity contribution in [1.82, 2.24) is 19.5 Å². The summed E-state index contributed by atoms with van der Waals surface area (Å²) < 4.78 is 8.64. The van der Waals surface area contributed by atoms with E-state index in [0.29, 0.717) is 17.5 Å². The lowest BCUT2D eigenvalue weighted by atomic mass is 9.98. The van der Waals surface area contributed by atoms with Crippen LogP contribution in [0.5, 0.6) is 0 Å². The fourth-order valence-electron chi connectivity index (χ4n) is 8.10. The van der Waals surface area contributed by atoms with E-state index in [-0.39, 0.29) is 0 Å². The first-order valence-electron chi connectivity index (χ1n) is 18.8. The molecule has 0 unspecified atom stereocenters. The van der Waals surface area contributed by atoms with Crippen LogP contribution >= 0.6 is 0 Å². The summed E-state index contributed by atoms with van der Waals surface area (Å²) in [7, 11) is 0. The molecule has 0 bridgehead atoms. The minimum atomic E-state index is 0.637. The van der Waals surface area contributed by atoms with Crippen molar-refractivity contribution in [2.75, 3.05) is 0 Å². The van der Waals surface area contributed by atoms with Crippen LogP contribution < -0.4 is 0 Å². The molecule has 0 aliphatic carbocycles. The Labute approximate surface area is 322 Å². The molecule has 0 spiro atoms. The van der Waals surface area contributed by atoms with Gasteiger partial charge in [0.05, 0.1) is 11.0 Å². The monoisotopic (exact) mass is 716 g/mol. The zero-order chi connectivity index (χ0) is 37.0. The van der Waals surface area contributed by atoms with Crippen molar-refractivity contribution in [3.8, 4) is 62.1 Å². The lowest BCUT2D eigenvalue weighted by Gasteiger charge is -2.12. The van der Waals surface area contributed by atoms with E-state index in [1.807, 2.05) is 72.8 Å². The van der Waals surface area contributed by atoms with Crippen LogP contribution in [0.1, 0.15) is 0 Å². The molecule has 3 heterocycles. The van der Waals surface area contributed by atoms with Crippen LogP contribution in [0.15, 0.2) is 199 Å². The average Bonchev–Trinajstić information content (AvgIpc) is 3.83. The molecule has 56 heavy (non-hydrogen) atoms. The van der Waals surface area contributed by atoms with Gasteiger partial charge in [-0.25, -0.2) is 15.0 Å². The van der Waals surface area contributed by atoms with Gasteiger partial charge in [0.25, 0.3) is 0 Å². The van der Waals surface area contributed by atoms with Crippen LogP contribution in [0, 0.1) is 0 Å². The summed E-state index contributed by atoms with van der Waals surface area (Å²) in [6, 6.07) is 67.5. The van der Waals surface area contributed by atoms with Gasteiger partial charge in [-0.05, 0) is 58.7 Å². The Bertz CT molecular complexity index is 3180. The van der Waals surface area contributed by atoms with Gasteiger partial charge >= 0.3 is 0 Å². The van der Waals surface area contributed by atoms with Crippen LogP contribution in [-0.4, -0.2) is 19.5 Å². The van der Waals surface area contributed by atoms with Gasteiger partial charge in [-0.15, -0.1) is 0 Å².